The number of aryl methyl sites for hydroxylation is 4. The van der Waals surface area contributed by atoms with Gasteiger partial charge in [0, 0.05) is 54.4 Å². The number of hydrogen-bond donors (Lipinski definition) is 0. The summed E-state index contributed by atoms with van der Waals surface area (Å²) >= 11 is 0. The van der Waals surface area contributed by atoms with Gasteiger partial charge in [-0.25, -0.2) is 0 Å². The molecule has 0 fully saturated rings. The Bertz CT molecular complexity index is 1140. The maximum atomic E-state index is 12.2. The molecule has 31 heavy (non-hydrogen) atoms. The van der Waals surface area contributed by atoms with E-state index in [-0.39, 0.29) is 6.67 Å². The van der Waals surface area contributed by atoms with Crippen LogP contribution in [0.15, 0.2) is 35.4 Å². The van der Waals surface area contributed by atoms with E-state index in [9.17, 15) is 4.39 Å². The Morgan fingerprint density at radius 2 is 1.74 bits per heavy atom. The zero-order valence-corrected chi connectivity index (χ0v) is 18.6. The van der Waals surface area contributed by atoms with Gasteiger partial charge in [-0.1, -0.05) is 30.8 Å². The van der Waals surface area contributed by atoms with E-state index < -0.39 is 0 Å². The topological polar surface area (TPSA) is 61.7 Å². The molecule has 7 heteroatoms. The predicted octanol–water partition coefficient (Wildman–Crippen LogP) is 6.02. The zero-order valence-electron chi connectivity index (χ0n) is 18.6. The van der Waals surface area contributed by atoms with E-state index in [0.717, 1.165) is 83.4 Å². The summed E-state index contributed by atoms with van der Waals surface area (Å²) in [6.45, 7) is 4.61. The summed E-state index contributed by atoms with van der Waals surface area (Å²) in [4.78, 5) is 4.84. The van der Waals surface area contributed by atoms with Crippen LogP contribution in [0.2, 0.25) is 0 Å². The number of pyridine rings is 1. The number of rotatable bonds is 10. The van der Waals surface area contributed by atoms with Crippen LogP contribution in [-0.2, 0) is 13.6 Å². The van der Waals surface area contributed by atoms with E-state index >= 15 is 0 Å². The first kappa shape index (κ1) is 21.3. The van der Waals surface area contributed by atoms with Crippen LogP contribution >= 0.6 is 0 Å². The number of nitrogens with zero attached hydrogens (tertiary/aromatic N) is 5. The van der Waals surface area contributed by atoms with Gasteiger partial charge in [-0.15, -0.1) is 0 Å². The van der Waals surface area contributed by atoms with Crippen molar-refractivity contribution in [2.24, 2.45) is 7.05 Å². The van der Waals surface area contributed by atoms with Crippen molar-refractivity contribution in [2.45, 2.75) is 58.9 Å². The maximum absolute atomic E-state index is 12.2. The number of halogens is 1. The van der Waals surface area contributed by atoms with Crippen molar-refractivity contribution in [3.05, 3.63) is 42.3 Å². The SMILES string of the molecule is Cc1noc(C)c1-c1cnc2c(-c3cnn(C)c3)cn(CCCCCCCCF)c2c1. The maximum Gasteiger partial charge on any atom is 0.141 e. The minimum Gasteiger partial charge on any atom is -0.361 e. The fourth-order valence-electron chi connectivity index (χ4n) is 4.24. The Kier molecular flexibility index (Phi) is 6.49. The Labute approximate surface area is 182 Å². The van der Waals surface area contributed by atoms with Crippen molar-refractivity contribution in [2.75, 3.05) is 6.67 Å². The molecule has 0 unspecified atom stereocenters. The van der Waals surface area contributed by atoms with Gasteiger partial charge in [-0.3, -0.25) is 14.1 Å². The molecule has 4 aromatic rings. The van der Waals surface area contributed by atoms with Gasteiger partial charge in [0.2, 0.25) is 0 Å². The second-order valence-electron chi connectivity index (χ2n) is 8.24. The lowest BCUT2D eigenvalue weighted by molar-refractivity contribution is 0.393. The van der Waals surface area contributed by atoms with Crippen LogP contribution in [-0.4, -0.2) is 31.2 Å². The first-order valence-corrected chi connectivity index (χ1v) is 11.1. The average molecular weight is 424 g/mol. The fraction of sp³-hybridized carbons (Fsp3) is 0.458. The monoisotopic (exact) mass is 423 g/mol. The molecule has 0 aliphatic rings. The van der Waals surface area contributed by atoms with Gasteiger partial charge in [-0.2, -0.15) is 5.10 Å². The highest BCUT2D eigenvalue weighted by Gasteiger charge is 2.17. The van der Waals surface area contributed by atoms with Gasteiger partial charge in [0.1, 0.15) is 5.76 Å². The van der Waals surface area contributed by atoms with Crippen molar-refractivity contribution in [3.8, 4) is 22.3 Å². The number of hydrogen-bond acceptors (Lipinski definition) is 4. The molecule has 0 saturated carbocycles. The quantitative estimate of drug-likeness (QED) is 0.293. The molecule has 4 rings (SSSR count). The molecule has 0 amide bonds. The number of unbranched alkanes of at least 4 members (excludes halogenated alkanes) is 5. The van der Waals surface area contributed by atoms with Gasteiger partial charge in [-0.05, 0) is 32.8 Å². The molecule has 4 aromatic heterocycles. The van der Waals surface area contributed by atoms with Crippen molar-refractivity contribution in [1.29, 1.82) is 0 Å². The molecule has 0 saturated heterocycles. The van der Waals surface area contributed by atoms with Crippen LogP contribution in [0.3, 0.4) is 0 Å². The normalized spacial score (nSPS) is 11.6. The van der Waals surface area contributed by atoms with Crippen molar-refractivity contribution in [3.63, 3.8) is 0 Å². The highest BCUT2D eigenvalue weighted by Crippen LogP contribution is 2.34. The van der Waals surface area contributed by atoms with Gasteiger partial charge in [0.25, 0.3) is 0 Å². The third-order valence-electron chi connectivity index (χ3n) is 5.84. The first-order valence-electron chi connectivity index (χ1n) is 11.1. The van der Waals surface area contributed by atoms with Crippen molar-refractivity contribution in [1.82, 2.24) is 24.5 Å². The molecule has 4 heterocycles. The summed E-state index contributed by atoms with van der Waals surface area (Å²) in [6, 6.07) is 2.19. The lowest BCUT2D eigenvalue weighted by Crippen LogP contribution is -1.97. The first-order chi connectivity index (χ1) is 15.1. The molecule has 164 valence electrons. The summed E-state index contributed by atoms with van der Waals surface area (Å²) in [5.74, 6) is 0.803. The van der Waals surface area contributed by atoms with E-state index in [1.807, 2.05) is 44.2 Å². The molecule has 6 nitrogen and oxygen atoms in total. The Morgan fingerprint density at radius 1 is 0.968 bits per heavy atom. The number of alkyl halides is 1. The van der Waals surface area contributed by atoms with E-state index in [4.69, 9.17) is 9.51 Å². The number of fused-ring (bicyclic) bond motifs is 1. The molecule has 0 aliphatic heterocycles. The van der Waals surface area contributed by atoms with Crippen LogP contribution in [0, 0.1) is 13.8 Å². The minimum absolute atomic E-state index is 0.201. The lowest BCUT2D eigenvalue weighted by atomic mass is 10.1. The van der Waals surface area contributed by atoms with Crippen LogP contribution in [0.1, 0.15) is 50.0 Å². The standard InChI is InChI=1S/C24H30FN5O/c1-17-23(18(2)31-28-17)19-12-22-24(26-13-19)21(20-14-27-29(3)15-20)16-30(22)11-9-7-5-4-6-8-10-25/h12-16H,4-11H2,1-3H3. The molecular formula is C24H30FN5O. The Morgan fingerprint density at radius 3 is 2.42 bits per heavy atom. The fourth-order valence-corrected chi connectivity index (χ4v) is 4.24. The average Bonchev–Trinajstić information content (AvgIpc) is 3.44. The van der Waals surface area contributed by atoms with Gasteiger partial charge in [0.15, 0.2) is 0 Å². The Balaban J connectivity index is 1.63. The van der Waals surface area contributed by atoms with Crippen LogP contribution in [0.4, 0.5) is 4.39 Å². The molecule has 0 spiro atoms. The van der Waals surface area contributed by atoms with E-state index in [2.05, 4.69) is 27.1 Å². The van der Waals surface area contributed by atoms with E-state index in [1.54, 1.807) is 0 Å². The highest BCUT2D eigenvalue weighted by molar-refractivity contribution is 5.94. The molecule has 0 aliphatic carbocycles. The summed E-state index contributed by atoms with van der Waals surface area (Å²) in [7, 11) is 1.93. The predicted molar refractivity (Wildman–Crippen MR) is 121 cm³/mol. The number of aromatic nitrogens is 5. The third-order valence-corrected chi connectivity index (χ3v) is 5.84. The Hall–Kier alpha value is -2.96. The van der Waals surface area contributed by atoms with Gasteiger partial charge in [0.05, 0.1) is 29.6 Å². The van der Waals surface area contributed by atoms with Crippen molar-refractivity contribution >= 4 is 11.0 Å². The summed E-state index contributed by atoms with van der Waals surface area (Å²) in [5.41, 5.74) is 7.15. The van der Waals surface area contributed by atoms with Gasteiger partial charge >= 0.3 is 0 Å². The van der Waals surface area contributed by atoms with Gasteiger partial charge < -0.3 is 9.09 Å². The van der Waals surface area contributed by atoms with E-state index in [0.29, 0.717) is 6.42 Å². The minimum atomic E-state index is -0.201. The second-order valence-corrected chi connectivity index (χ2v) is 8.24. The lowest BCUT2D eigenvalue weighted by Gasteiger charge is -2.07. The summed E-state index contributed by atoms with van der Waals surface area (Å²) in [5, 5.41) is 8.43. The molecular weight excluding hydrogens is 393 g/mol. The largest absolute Gasteiger partial charge is 0.361 e. The van der Waals surface area contributed by atoms with Crippen LogP contribution in [0.5, 0.6) is 0 Å². The molecule has 0 N–H and O–H groups in total. The molecule has 0 aromatic carbocycles. The van der Waals surface area contributed by atoms with E-state index in [1.165, 1.54) is 0 Å². The summed E-state index contributed by atoms with van der Waals surface area (Å²) < 4.78 is 21.7. The molecule has 0 bridgehead atoms. The van der Waals surface area contributed by atoms with Crippen molar-refractivity contribution < 1.29 is 8.91 Å². The molecule has 0 atom stereocenters. The van der Waals surface area contributed by atoms with Crippen LogP contribution in [0.25, 0.3) is 33.3 Å². The third kappa shape index (κ3) is 4.55. The molecule has 0 radical (unpaired) electrons. The highest BCUT2D eigenvalue weighted by atomic mass is 19.1. The summed E-state index contributed by atoms with van der Waals surface area (Å²) in [6.07, 6.45) is 14.2. The van der Waals surface area contributed by atoms with Crippen LogP contribution < -0.4 is 0 Å². The zero-order chi connectivity index (χ0) is 21.8. The smallest absolute Gasteiger partial charge is 0.141 e. The second kappa shape index (κ2) is 9.45.